The van der Waals surface area contributed by atoms with Gasteiger partial charge in [0.25, 0.3) is 0 Å². The fourth-order valence-electron chi connectivity index (χ4n) is 2.41. The molecular weight excluding hydrogens is 248 g/mol. The van der Waals surface area contributed by atoms with Gasteiger partial charge in [-0.25, -0.2) is 8.42 Å². The summed E-state index contributed by atoms with van der Waals surface area (Å²) in [6.07, 6.45) is 5.49. The molecular formula is C14H18O3S. The van der Waals surface area contributed by atoms with Crippen LogP contribution in [0.3, 0.4) is 0 Å². The first-order valence-corrected chi connectivity index (χ1v) is 8.15. The first-order chi connectivity index (χ1) is 8.45. The molecule has 0 bridgehead atoms. The van der Waals surface area contributed by atoms with Crippen molar-refractivity contribution < 1.29 is 13.2 Å². The largest absolute Gasteiger partial charge is 0.300 e. The number of carbonyl (C=O) groups excluding carboxylic acids is 1. The van der Waals surface area contributed by atoms with Crippen molar-refractivity contribution in [2.24, 2.45) is 5.92 Å². The SMILES string of the molecule is CS(=O)(=O)c1ccc(CC2CCC(=O)CC2)cc1. The zero-order chi connectivity index (χ0) is 13.2. The molecule has 0 N–H and O–H groups in total. The Kier molecular flexibility index (Phi) is 3.85. The zero-order valence-electron chi connectivity index (χ0n) is 10.6. The van der Waals surface area contributed by atoms with Crippen LogP contribution in [0.4, 0.5) is 0 Å². The maximum Gasteiger partial charge on any atom is 0.175 e. The lowest BCUT2D eigenvalue weighted by molar-refractivity contribution is -0.121. The Balaban J connectivity index is 2.00. The summed E-state index contributed by atoms with van der Waals surface area (Å²) in [4.78, 5) is 11.5. The third-order valence-corrected chi connectivity index (χ3v) is 4.67. The maximum atomic E-state index is 11.3. The van der Waals surface area contributed by atoms with Crippen LogP contribution in [0.1, 0.15) is 31.2 Å². The summed E-state index contributed by atoms with van der Waals surface area (Å²) in [5.41, 5.74) is 1.15. The van der Waals surface area contributed by atoms with E-state index in [4.69, 9.17) is 0 Å². The number of hydrogen-bond acceptors (Lipinski definition) is 3. The minimum atomic E-state index is -3.10. The Bertz CT molecular complexity index is 519. The Labute approximate surface area is 108 Å². The van der Waals surface area contributed by atoms with Gasteiger partial charge in [-0.05, 0) is 42.9 Å². The highest BCUT2D eigenvalue weighted by Crippen LogP contribution is 2.25. The van der Waals surface area contributed by atoms with E-state index in [0.29, 0.717) is 29.4 Å². The normalized spacial score (nSPS) is 17.9. The van der Waals surface area contributed by atoms with Gasteiger partial charge in [0.2, 0.25) is 0 Å². The molecule has 0 unspecified atom stereocenters. The highest BCUT2D eigenvalue weighted by atomic mass is 32.2. The van der Waals surface area contributed by atoms with Crippen molar-refractivity contribution in [3.8, 4) is 0 Å². The van der Waals surface area contributed by atoms with Crippen molar-refractivity contribution in [3.63, 3.8) is 0 Å². The Morgan fingerprint density at radius 1 is 1.11 bits per heavy atom. The van der Waals surface area contributed by atoms with Crippen molar-refractivity contribution in [2.75, 3.05) is 6.26 Å². The van der Waals surface area contributed by atoms with E-state index in [-0.39, 0.29) is 0 Å². The molecule has 0 spiro atoms. The van der Waals surface area contributed by atoms with Gasteiger partial charge >= 0.3 is 0 Å². The third-order valence-electron chi connectivity index (χ3n) is 3.54. The van der Waals surface area contributed by atoms with Gasteiger partial charge in [0, 0.05) is 19.1 Å². The third kappa shape index (κ3) is 3.42. The molecule has 2 rings (SSSR count). The minimum Gasteiger partial charge on any atom is -0.300 e. The summed E-state index contributed by atoms with van der Waals surface area (Å²) in [7, 11) is -3.10. The number of ketones is 1. The standard InChI is InChI=1S/C14H18O3S/c1-18(16,17)14-8-4-12(5-9-14)10-11-2-6-13(15)7-3-11/h4-5,8-9,11H,2-3,6-7,10H2,1H3. The minimum absolute atomic E-state index is 0.366. The van der Waals surface area contributed by atoms with E-state index in [1.54, 1.807) is 12.1 Å². The fourth-order valence-corrected chi connectivity index (χ4v) is 3.04. The molecule has 0 aliphatic heterocycles. The van der Waals surface area contributed by atoms with Crippen molar-refractivity contribution in [3.05, 3.63) is 29.8 Å². The Morgan fingerprint density at radius 2 is 1.67 bits per heavy atom. The van der Waals surface area contributed by atoms with E-state index < -0.39 is 9.84 Å². The van der Waals surface area contributed by atoms with Crippen LogP contribution in [-0.2, 0) is 21.1 Å². The molecule has 3 nitrogen and oxygen atoms in total. The van der Waals surface area contributed by atoms with Crippen molar-refractivity contribution >= 4 is 15.6 Å². The molecule has 0 atom stereocenters. The van der Waals surface area contributed by atoms with Gasteiger partial charge in [-0.1, -0.05) is 12.1 Å². The second-order valence-corrected chi connectivity index (χ2v) is 7.12. The molecule has 1 aromatic rings. The number of rotatable bonds is 3. The van der Waals surface area contributed by atoms with Crippen LogP contribution in [0.15, 0.2) is 29.2 Å². The van der Waals surface area contributed by atoms with Gasteiger partial charge in [0.05, 0.1) is 4.90 Å². The summed E-state index contributed by atoms with van der Waals surface area (Å²) >= 11 is 0. The van der Waals surface area contributed by atoms with E-state index in [0.717, 1.165) is 24.8 Å². The van der Waals surface area contributed by atoms with Gasteiger partial charge < -0.3 is 0 Å². The molecule has 1 saturated carbocycles. The highest BCUT2D eigenvalue weighted by Gasteiger charge is 2.19. The summed E-state index contributed by atoms with van der Waals surface area (Å²) in [5.74, 6) is 0.936. The predicted molar refractivity (Wildman–Crippen MR) is 70.2 cm³/mol. The molecule has 1 aliphatic carbocycles. The van der Waals surface area contributed by atoms with E-state index in [1.165, 1.54) is 6.26 Å². The summed E-state index contributed by atoms with van der Waals surface area (Å²) in [6, 6.07) is 7.09. The molecule has 1 fully saturated rings. The van der Waals surface area contributed by atoms with Crippen LogP contribution in [0.25, 0.3) is 0 Å². The Hall–Kier alpha value is -1.16. The molecule has 98 valence electrons. The average Bonchev–Trinajstić information content (AvgIpc) is 2.32. The number of Topliss-reactive ketones (excluding diaryl/α,β-unsaturated/α-hetero) is 1. The quantitative estimate of drug-likeness (QED) is 0.844. The number of benzene rings is 1. The number of sulfone groups is 1. The van der Waals surface area contributed by atoms with Gasteiger partial charge in [-0.2, -0.15) is 0 Å². The molecule has 0 radical (unpaired) electrons. The number of carbonyl (C=O) groups is 1. The molecule has 0 heterocycles. The lowest BCUT2D eigenvalue weighted by Gasteiger charge is -2.20. The van der Waals surface area contributed by atoms with E-state index in [9.17, 15) is 13.2 Å². The van der Waals surface area contributed by atoms with Crippen LogP contribution >= 0.6 is 0 Å². The van der Waals surface area contributed by atoms with Crippen molar-refractivity contribution in [1.82, 2.24) is 0 Å². The summed E-state index contributed by atoms with van der Waals surface area (Å²) < 4.78 is 22.7. The lowest BCUT2D eigenvalue weighted by Crippen LogP contribution is -2.15. The molecule has 0 amide bonds. The lowest BCUT2D eigenvalue weighted by atomic mass is 9.84. The van der Waals surface area contributed by atoms with E-state index in [2.05, 4.69) is 0 Å². The van der Waals surface area contributed by atoms with Gasteiger partial charge in [0.15, 0.2) is 9.84 Å². The fraction of sp³-hybridized carbons (Fsp3) is 0.500. The van der Waals surface area contributed by atoms with E-state index in [1.807, 2.05) is 12.1 Å². The van der Waals surface area contributed by atoms with Crippen LogP contribution < -0.4 is 0 Å². The van der Waals surface area contributed by atoms with Crippen LogP contribution in [0, 0.1) is 5.92 Å². The van der Waals surface area contributed by atoms with Crippen LogP contribution in [0.5, 0.6) is 0 Å². The molecule has 4 heteroatoms. The van der Waals surface area contributed by atoms with E-state index >= 15 is 0 Å². The monoisotopic (exact) mass is 266 g/mol. The summed E-state index contributed by atoms with van der Waals surface area (Å²) in [5, 5.41) is 0. The molecule has 1 aromatic carbocycles. The summed E-state index contributed by atoms with van der Waals surface area (Å²) in [6.45, 7) is 0. The smallest absolute Gasteiger partial charge is 0.175 e. The maximum absolute atomic E-state index is 11.3. The second-order valence-electron chi connectivity index (χ2n) is 5.10. The molecule has 0 aromatic heterocycles. The molecule has 18 heavy (non-hydrogen) atoms. The Morgan fingerprint density at radius 3 is 2.17 bits per heavy atom. The van der Waals surface area contributed by atoms with Crippen LogP contribution in [0.2, 0.25) is 0 Å². The first kappa shape index (κ1) is 13.3. The topological polar surface area (TPSA) is 51.2 Å². The zero-order valence-corrected chi connectivity index (χ0v) is 11.4. The van der Waals surface area contributed by atoms with Crippen molar-refractivity contribution in [1.29, 1.82) is 0 Å². The predicted octanol–water partition coefficient (Wildman–Crippen LogP) is 2.39. The second kappa shape index (κ2) is 5.22. The van der Waals surface area contributed by atoms with Crippen LogP contribution in [-0.4, -0.2) is 20.5 Å². The molecule has 0 saturated heterocycles. The molecule has 1 aliphatic rings. The number of hydrogen-bond donors (Lipinski definition) is 0. The van der Waals surface area contributed by atoms with Gasteiger partial charge in [-0.15, -0.1) is 0 Å². The first-order valence-electron chi connectivity index (χ1n) is 6.26. The van der Waals surface area contributed by atoms with Gasteiger partial charge in [0.1, 0.15) is 5.78 Å². The highest BCUT2D eigenvalue weighted by molar-refractivity contribution is 7.90. The van der Waals surface area contributed by atoms with Crippen molar-refractivity contribution in [2.45, 2.75) is 37.0 Å². The van der Waals surface area contributed by atoms with Gasteiger partial charge in [-0.3, -0.25) is 4.79 Å². The average molecular weight is 266 g/mol.